The molecule has 0 spiro atoms. The van der Waals surface area contributed by atoms with E-state index in [4.69, 9.17) is 0 Å². The normalized spacial score (nSPS) is 23.1. The van der Waals surface area contributed by atoms with E-state index >= 15 is 0 Å². The van der Waals surface area contributed by atoms with Crippen molar-refractivity contribution < 1.29 is 9.90 Å². The van der Waals surface area contributed by atoms with E-state index in [1.54, 1.807) is 12.4 Å². The van der Waals surface area contributed by atoms with Gasteiger partial charge in [0, 0.05) is 30.6 Å². The van der Waals surface area contributed by atoms with Crippen LogP contribution in [0.1, 0.15) is 53.3 Å². The highest BCUT2D eigenvalue weighted by molar-refractivity contribution is 5.93. The number of nitrogens with one attached hydrogen (secondary N) is 2. The lowest BCUT2D eigenvalue weighted by atomic mass is 9.75. The maximum Gasteiger partial charge on any atom is 0.263 e. The number of hydrogen-bond donors (Lipinski definition) is 3. The monoisotopic (exact) mass is 354 g/mol. The Morgan fingerprint density at radius 2 is 2.04 bits per heavy atom. The predicted molar refractivity (Wildman–Crippen MR) is 94.8 cm³/mol. The first-order valence-corrected chi connectivity index (χ1v) is 9.07. The number of amides is 1. The van der Waals surface area contributed by atoms with Gasteiger partial charge >= 0.3 is 0 Å². The van der Waals surface area contributed by atoms with E-state index in [1.165, 1.54) is 6.20 Å². The molecule has 2 aromatic rings. The van der Waals surface area contributed by atoms with Crippen LogP contribution in [0, 0.1) is 5.92 Å². The lowest BCUT2D eigenvalue weighted by Crippen LogP contribution is -2.49. The zero-order chi connectivity index (χ0) is 18.1. The van der Waals surface area contributed by atoms with Crippen molar-refractivity contribution in [3.05, 3.63) is 58.0 Å². The molecule has 2 heterocycles. The number of pyridine rings is 1. The third kappa shape index (κ3) is 3.67. The first-order chi connectivity index (χ1) is 12.6. The quantitative estimate of drug-likeness (QED) is 0.721. The standard InChI is InChI=1S/C19H22N4O3/c24-14-8-13(9-14)16(7-11-3-5-20-6-4-11)22-18(25)15-10-21-17(12-1-2-12)23-19(15)26/h3-6,10,12-14,16,24H,1-2,7-9H2,(H,22,25)(H,21,23,26)/t13?,14?,16-/m1/s1. The number of aromatic amines is 1. The number of carbonyl (C=O) groups is 1. The summed E-state index contributed by atoms with van der Waals surface area (Å²) >= 11 is 0. The summed E-state index contributed by atoms with van der Waals surface area (Å²) in [5.74, 6) is 0.777. The van der Waals surface area contributed by atoms with E-state index < -0.39 is 11.5 Å². The van der Waals surface area contributed by atoms with Crippen LogP contribution in [-0.4, -0.2) is 38.1 Å². The molecule has 0 aliphatic heterocycles. The molecule has 136 valence electrons. The fraction of sp³-hybridized carbons (Fsp3) is 0.474. The van der Waals surface area contributed by atoms with E-state index in [2.05, 4.69) is 20.3 Å². The van der Waals surface area contributed by atoms with Gasteiger partial charge in [0.2, 0.25) is 0 Å². The lowest BCUT2D eigenvalue weighted by Gasteiger charge is -2.38. The van der Waals surface area contributed by atoms with Crippen molar-refractivity contribution in [2.45, 2.75) is 50.2 Å². The Hall–Kier alpha value is -2.54. The average molecular weight is 354 g/mol. The van der Waals surface area contributed by atoms with E-state index in [1.807, 2.05) is 12.1 Å². The van der Waals surface area contributed by atoms with Gasteiger partial charge in [0.05, 0.1) is 6.10 Å². The molecular formula is C19H22N4O3. The molecule has 0 radical (unpaired) electrons. The van der Waals surface area contributed by atoms with Gasteiger partial charge in [0.25, 0.3) is 11.5 Å². The van der Waals surface area contributed by atoms with Crippen LogP contribution in [0.25, 0.3) is 0 Å². The van der Waals surface area contributed by atoms with Crippen molar-refractivity contribution in [1.82, 2.24) is 20.3 Å². The maximum absolute atomic E-state index is 12.6. The van der Waals surface area contributed by atoms with Gasteiger partial charge in [-0.2, -0.15) is 0 Å². The number of hydrogen-bond acceptors (Lipinski definition) is 5. The van der Waals surface area contributed by atoms with Crippen LogP contribution in [0.15, 0.2) is 35.5 Å². The van der Waals surface area contributed by atoms with Gasteiger partial charge in [0.15, 0.2) is 0 Å². The Morgan fingerprint density at radius 3 is 2.65 bits per heavy atom. The second-order valence-electron chi connectivity index (χ2n) is 7.31. The van der Waals surface area contributed by atoms with Crippen molar-refractivity contribution in [1.29, 1.82) is 0 Å². The summed E-state index contributed by atoms with van der Waals surface area (Å²) in [5.41, 5.74) is 0.701. The van der Waals surface area contributed by atoms with Crippen molar-refractivity contribution in [2.75, 3.05) is 0 Å². The van der Waals surface area contributed by atoms with Gasteiger partial charge in [-0.25, -0.2) is 4.98 Å². The number of H-pyrrole nitrogens is 1. The number of aliphatic hydroxyl groups is 1. The van der Waals surface area contributed by atoms with Crippen molar-refractivity contribution in [3.63, 3.8) is 0 Å². The summed E-state index contributed by atoms with van der Waals surface area (Å²) in [4.78, 5) is 35.9. The molecule has 0 unspecified atom stereocenters. The highest BCUT2D eigenvalue weighted by Gasteiger charge is 2.35. The van der Waals surface area contributed by atoms with Gasteiger partial charge in [-0.05, 0) is 55.7 Å². The molecule has 1 amide bonds. The number of rotatable bonds is 6. The topological polar surface area (TPSA) is 108 Å². The van der Waals surface area contributed by atoms with Crippen LogP contribution in [0.5, 0.6) is 0 Å². The minimum absolute atomic E-state index is 0.0361. The number of carbonyl (C=O) groups excluding carboxylic acids is 1. The smallest absolute Gasteiger partial charge is 0.263 e. The van der Waals surface area contributed by atoms with Crippen molar-refractivity contribution in [2.24, 2.45) is 5.92 Å². The molecule has 2 aliphatic rings. The summed E-state index contributed by atoms with van der Waals surface area (Å²) in [6, 6.07) is 3.68. The van der Waals surface area contributed by atoms with E-state index in [9.17, 15) is 14.7 Å². The second-order valence-corrected chi connectivity index (χ2v) is 7.31. The molecule has 0 saturated heterocycles. The molecule has 7 nitrogen and oxygen atoms in total. The zero-order valence-electron chi connectivity index (χ0n) is 14.4. The maximum atomic E-state index is 12.6. The van der Waals surface area contributed by atoms with Crippen LogP contribution in [0.3, 0.4) is 0 Å². The SMILES string of the molecule is O=C(N[C@H](Cc1ccncc1)C1CC(O)C1)c1cnc(C2CC2)[nH]c1=O. The highest BCUT2D eigenvalue weighted by Crippen LogP contribution is 2.37. The van der Waals surface area contributed by atoms with Gasteiger partial charge in [-0.3, -0.25) is 14.6 Å². The van der Waals surface area contributed by atoms with Crippen LogP contribution in [0.4, 0.5) is 0 Å². The Bertz CT molecular complexity index is 841. The van der Waals surface area contributed by atoms with Gasteiger partial charge in [0.1, 0.15) is 11.4 Å². The fourth-order valence-corrected chi connectivity index (χ4v) is 3.45. The Morgan fingerprint density at radius 1 is 1.31 bits per heavy atom. The van der Waals surface area contributed by atoms with Gasteiger partial charge in [-0.1, -0.05) is 0 Å². The van der Waals surface area contributed by atoms with Crippen molar-refractivity contribution >= 4 is 5.91 Å². The molecule has 0 bridgehead atoms. The Kier molecular flexibility index (Phi) is 4.55. The predicted octanol–water partition coefficient (Wildman–Crippen LogP) is 1.15. The van der Waals surface area contributed by atoms with Crippen molar-refractivity contribution in [3.8, 4) is 0 Å². The molecule has 2 fully saturated rings. The molecule has 2 aliphatic carbocycles. The highest BCUT2D eigenvalue weighted by atomic mass is 16.3. The Balaban J connectivity index is 1.49. The van der Waals surface area contributed by atoms with E-state index in [0.29, 0.717) is 31.0 Å². The second kappa shape index (κ2) is 6.99. The molecule has 7 heteroatoms. The minimum Gasteiger partial charge on any atom is -0.393 e. The molecular weight excluding hydrogens is 332 g/mol. The van der Waals surface area contributed by atoms with E-state index in [0.717, 1.165) is 18.4 Å². The van der Waals surface area contributed by atoms with Gasteiger partial charge < -0.3 is 15.4 Å². The summed E-state index contributed by atoms with van der Waals surface area (Å²) in [6.45, 7) is 0. The number of aromatic nitrogens is 3. The molecule has 1 atom stereocenters. The summed E-state index contributed by atoms with van der Waals surface area (Å²) in [6.07, 6.45) is 8.53. The minimum atomic E-state index is -0.415. The van der Waals surface area contributed by atoms with Crippen LogP contribution >= 0.6 is 0 Å². The lowest BCUT2D eigenvalue weighted by molar-refractivity contribution is 0.0239. The molecule has 26 heavy (non-hydrogen) atoms. The molecule has 2 saturated carbocycles. The zero-order valence-corrected chi connectivity index (χ0v) is 14.4. The number of nitrogens with zero attached hydrogens (tertiary/aromatic N) is 2. The molecule has 4 rings (SSSR count). The largest absolute Gasteiger partial charge is 0.393 e. The third-order valence-electron chi connectivity index (χ3n) is 5.27. The molecule has 0 aromatic carbocycles. The molecule has 2 aromatic heterocycles. The first-order valence-electron chi connectivity index (χ1n) is 9.07. The van der Waals surface area contributed by atoms with Crippen LogP contribution in [-0.2, 0) is 6.42 Å². The van der Waals surface area contributed by atoms with Crippen LogP contribution < -0.4 is 10.9 Å². The average Bonchev–Trinajstić information content (AvgIpc) is 3.44. The third-order valence-corrected chi connectivity index (χ3v) is 5.27. The summed E-state index contributed by atoms with van der Waals surface area (Å²) < 4.78 is 0. The molecule has 3 N–H and O–H groups in total. The fourth-order valence-electron chi connectivity index (χ4n) is 3.45. The van der Waals surface area contributed by atoms with Crippen LogP contribution in [0.2, 0.25) is 0 Å². The summed E-state index contributed by atoms with van der Waals surface area (Å²) in [7, 11) is 0. The first kappa shape index (κ1) is 16.9. The Labute approximate surface area is 150 Å². The van der Waals surface area contributed by atoms with Gasteiger partial charge in [-0.15, -0.1) is 0 Å². The number of aliphatic hydroxyl groups excluding tert-OH is 1. The summed E-state index contributed by atoms with van der Waals surface area (Å²) in [5, 5.41) is 12.6. The van der Waals surface area contributed by atoms with E-state index in [-0.39, 0.29) is 23.6 Å².